The second kappa shape index (κ2) is 4.94. The van der Waals surface area contributed by atoms with Crippen LogP contribution in [0.5, 0.6) is 5.88 Å². The highest BCUT2D eigenvalue weighted by molar-refractivity contribution is 5.87. The molecular formula is C15H18N2O. The summed E-state index contributed by atoms with van der Waals surface area (Å²) in [6.07, 6.45) is 2.44. The summed E-state index contributed by atoms with van der Waals surface area (Å²) in [5.74, 6) is 0.763. The van der Waals surface area contributed by atoms with Crippen molar-refractivity contribution in [1.82, 2.24) is 10.3 Å². The van der Waals surface area contributed by atoms with Crippen LogP contribution in [-0.2, 0) is 0 Å². The number of rotatable bonds is 3. The van der Waals surface area contributed by atoms with Crippen LogP contribution in [0.25, 0.3) is 10.8 Å². The summed E-state index contributed by atoms with van der Waals surface area (Å²) in [6, 6.07) is 10.8. The number of pyridine rings is 1. The van der Waals surface area contributed by atoms with E-state index in [0.717, 1.165) is 23.5 Å². The lowest BCUT2D eigenvalue weighted by Crippen LogP contribution is -2.28. The van der Waals surface area contributed by atoms with Gasteiger partial charge in [0.15, 0.2) is 0 Å². The SMILES string of the molecule is Cc1cc2ccccc2c(OCC2CCCN2)n1. The number of nitrogens with zero attached hydrogens (tertiary/aromatic N) is 1. The van der Waals surface area contributed by atoms with E-state index in [2.05, 4.69) is 28.5 Å². The van der Waals surface area contributed by atoms with Gasteiger partial charge in [-0.15, -0.1) is 0 Å². The van der Waals surface area contributed by atoms with Crippen molar-refractivity contribution in [3.63, 3.8) is 0 Å². The maximum absolute atomic E-state index is 5.91. The second-order valence-electron chi connectivity index (χ2n) is 4.89. The molecule has 2 aromatic rings. The van der Waals surface area contributed by atoms with Crippen molar-refractivity contribution in [2.24, 2.45) is 0 Å². The van der Waals surface area contributed by atoms with Crippen molar-refractivity contribution in [2.45, 2.75) is 25.8 Å². The largest absolute Gasteiger partial charge is 0.476 e. The number of benzene rings is 1. The van der Waals surface area contributed by atoms with Crippen LogP contribution in [0, 0.1) is 6.92 Å². The van der Waals surface area contributed by atoms with Gasteiger partial charge >= 0.3 is 0 Å². The Bertz CT molecular complexity index is 547. The zero-order chi connectivity index (χ0) is 12.4. The van der Waals surface area contributed by atoms with Crippen LogP contribution in [0.1, 0.15) is 18.5 Å². The summed E-state index contributed by atoms with van der Waals surface area (Å²) >= 11 is 0. The zero-order valence-corrected chi connectivity index (χ0v) is 10.6. The Morgan fingerprint density at radius 1 is 1.39 bits per heavy atom. The van der Waals surface area contributed by atoms with Crippen LogP contribution in [0.15, 0.2) is 30.3 Å². The molecule has 1 saturated heterocycles. The molecule has 3 rings (SSSR count). The number of ether oxygens (including phenoxy) is 1. The zero-order valence-electron chi connectivity index (χ0n) is 10.6. The quantitative estimate of drug-likeness (QED) is 0.898. The first-order valence-corrected chi connectivity index (χ1v) is 6.55. The number of fused-ring (bicyclic) bond motifs is 1. The molecule has 0 bridgehead atoms. The molecule has 1 aromatic heterocycles. The fourth-order valence-electron chi connectivity index (χ4n) is 2.48. The minimum Gasteiger partial charge on any atom is -0.476 e. The van der Waals surface area contributed by atoms with Crippen LogP contribution in [-0.4, -0.2) is 24.2 Å². The van der Waals surface area contributed by atoms with Crippen molar-refractivity contribution in [3.05, 3.63) is 36.0 Å². The molecule has 1 fully saturated rings. The van der Waals surface area contributed by atoms with Crippen LogP contribution in [0.3, 0.4) is 0 Å². The van der Waals surface area contributed by atoms with Gasteiger partial charge in [-0.05, 0) is 43.8 Å². The summed E-state index contributed by atoms with van der Waals surface area (Å²) in [5.41, 5.74) is 1.00. The van der Waals surface area contributed by atoms with Gasteiger partial charge < -0.3 is 10.1 Å². The van der Waals surface area contributed by atoms with Crippen molar-refractivity contribution < 1.29 is 4.74 Å². The molecule has 1 aliphatic heterocycles. The molecule has 0 amide bonds. The molecule has 1 aromatic carbocycles. The maximum atomic E-state index is 5.91. The van der Waals surface area contributed by atoms with Gasteiger partial charge in [-0.25, -0.2) is 4.98 Å². The van der Waals surface area contributed by atoms with E-state index in [1.807, 2.05) is 19.1 Å². The molecule has 18 heavy (non-hydrogen) atoms. The maximum Gasteiger partial charge on any atom is 0.221 e. The number of nitrogens with one attached hydrogen (secondary N) is 1. The van der Waals surface area contributed by atoms with Gasteiger partial charge in [-0.3, -0.25) is 0 Å². The minimum absolute atomic E-state index is 0.478. The second-order valence-corrected chi connectivity index (χ2v) is 4.89. The first-order chi connectivity index (χ1) is 8.83. The molecular weight excluding hydrogens is 224 g/mol. The molecule has 94 valence electrons. The number of hydrogen-bond acceptors (Lipinski definition) is 3. The van der Waals surface area contributed by atoms with Gasteiger partial charge in [0, 0.05) is 17.1 Å². The summed E-state index contributed by atoms with van der Waals surface area (Å²) in [4.78, 5) is 4.51. The Labute approximate surface area is 107 Å². The highest BCUT2D eigenvalue weighted by atomic mass is 16.5. The van der Waals surface area contributed by atoms with Crippen molar-refractivity contribution in [2.75, 3.05) is 13.2 Å². The van der Waals surface area contributed by atoms with Crippen molar-refractivity contribution in [1.29, 1.82) is 0 Å². The minimum atomic E-state index is 0.478. The van der Waals surface area contributed by atoms with Crippen molar-refractivity contribution in [3.8, 4) is 5.88 Å². The molecule has 0 aliphatic carbocycles. The van der Waals surface area contributed by atoms with E-state index >= 15 is 0 Å². The fourth-order valence-corrected chi connectivity index (χ4v) is 2.48. The summed E-state index contributed by atoms with van der Waals surface area (Å²) in [7, 11) is 0. The number of aryl methyl sites for hydroxylation is 1. The first-order valence-electron chi connectivity index (χ1n) is 6.55. The van der Waals surface area contributed by atoms with Gasteiger partial charge in [0.05, 0.1) is 0 Å². The first kappa shape index (κ1) is 11.5. The predicted molar refractivity (Wildman–Crippen MR) is 73.0 cm³/mol. The van der Waals surface area contributed by atoms with Gasteiger partial charge in [-0.1, -0.05) is 18.2 Å². The van der Waals surface area contributed by atoms with E-state index in [1.54, 1.807) is 0 Å². The van der Waals surface area contributed by atoms with E-state index in [-0.39, 0.29) is 0 Å². The topological polar surface area (TPSA) is 34.1 Å². The van der Waals surface area contributed by atoms with Crippen LogP contribution in [0.4, 0.5) is 0 Å². The van der Waals surface area contributed by atoms with Gasteiger partial charge in [0.2, 0.25) is 5.88 Å². The lowest BCUT2D eigenvalue weighted by atomic mass is 10.1. The lowest BCUT2D eigenvalue weighted by Gasteiger charge is -2.13. The summed E-state index contributed by atoms with van der Waals surface area (Å²) in [6.45, 7) is 3.82. The number of hydrogen-bond donors (Lipinski definition) is 1. The third-order valence-corrected chi connectivity index (χ3v) is 3.42. The predicted octanol–water partition coefficient (Wildman–Crippen LogP) is 2.67. The van der Waals surface area contributed by atoms with Gasteiger partial charge in [0.1, 0.15) is 6.61 Å². The third kappa shape index (κ3) is 2.31. The van der Waals surface area contributed by atoms with E-state index in [0.29, 0.717) is 12.6 Å². The Kier molecular flexibility index (Phi) is 3.15. The monoisotopic (exact) mass is 242 g/mol. The molecule has 1 N–H and O–H groups in total. The highest BCUT2D eigenvalue weighted by Gasteiger charge is 2.15. The Balaban J connectivity index is 1.85. The standard InChI is InChI=1S/C15H18N2O/c1-11-9-12-5-2-3-7-14(12)15(17-11)18-10-13-6-4-8-16-13/h2-3,5,7,9,13,16H,4,6,8,10H2,1H3. The fraction of sp³-hybridized carbons (Fsp3) is 0.400. The smallest absolute Gasteiger partial charge is 0.221 e. The average molecular weight is 242 g/mol. The number of aromatic nitrogens is 1. The lowest BCUT2D eigenvalue weighted by molar-refractivity contribution is 0.270. The molecule has 0 spiro atoms. The molecule has 3 heteroatoms. The van der Waals surface area contributed by atoms with E-state index in [4.69, 9.17) is 4.74 Å². The van der Waals surface area contributed by atoms with Crippen molar-refractivity contribution >= 4 is 10.8 Å². The highest BCUT2D eigenvalue weighted by Crippen LogP contribution is 2.24. The van der Waals surface area contributed by atoms with E-state index in [1.165, 1.54) is 18.2 Å². The Morgan fingerprint density at radius 3 is 3.11 bits per heavy atom. The molecule has 2 heterocycles. The Hall–Kier alpha value is -1.61. The van der Waals surface area contributed by atoms with Gasteiger partial charge in [0.25, 0.3) is 0 Å². The molecule has 1 aliphatic rings. The van der Waals surface area contributed by atoms with Crippen LogP contribution >= 0.6 is 0 Å². The molecule has 0 saturated carbocycles. The van der Waals surface area contributed by atoms with E-state index in [9.17, 15) is 0 Å². The molecule has 3 nitrogen and oxygen atoms in total. The molecule has 0 radical (unpaired) electrons. The van der Waals surface area contributed by atoms with Gasteiger partial charge in [-0.2, -0.15) is 0 Å². The average Bonchev–Trinajstić information content (AvgIpc) is 2.89. The third-order valence-electron chi connectivity index (χ3n) is 3.42. The molecule has 1 unspecified atom stereocenters. The molecule has 1 atom stereocenters. The summed E-state index contributed by atoms with van der Waals surface area (Å²) in [5, 5.41) is 5.73. The van der Waals surface area contributed by atoms with Crippen LogP contribution in [0.2, 0.25) is 0 Å². The van der Waals surface area contributed by atoms with Crippen LogP contribution < -0.4 is 10.1 Å². The summed E-state index contributed by atoms with van der Waals surface area (Å²) < 4.78 is 5.91. The van der Waals surface area contributed by atoms with E-state index < -0.39 is 0 Å². The Morgan fingerprint density at radius 2 is 2.28 bits per heavy atom. The normalized spacial score (nSPS) is 19.3.